The molecule has 0 saturated heterocycles. The van der Waals surface area contributed by atoms with Crippen molar-refractivity contribution in [3.05, 3.63) is 65.7 Å². The Morgan fingerprint density at radius 3 is 2.54 bits per heavy atom. The Morgan fingerprint density at radius 2 is 1.80 bits per heavy atom. The van der Waals surface area contributed by atoms with E-state index in [9.17, 15) is 14.7 Å². The summed E-state index contributed by atoms with van der Waals surface area (Å²) in [5, 5.41) is 23.6. The number of phenols is 1. The van der Waals surface area contributed by atoms with E-state index in [2.05, 4.69) is 25.6 Å². The maximum atomic E-state index is 13.9. The first-order chi connectivity index (χ1) is 24.4. The molecule has 0 unspecified atom stereocenters. The van der Waals surface area contributed by atoms with E-state index in [0.29, 0.717) is 92.8 Å². The Kier molecular flexibility index (Phi) is 11.4. The number of nitrogens with zero attached hydrogens (tertiary/aromatic N) is 5. The summed E-state index contributed by atoms with van der Waals surface area (Å²) in [5.74, 6) is 0.229. The SMILES string of the molecule is COCCOCCOCCOCCn1cc(C(=O)Nc2cc3cc(C(=O)N4C[C@@H](CCl)c5c4cc(O)c4cccc(OC)c54)[nH]c3cn2)nn1. The minimum atomic E-state index is -0.486. The van der Waals surface area contributed by atoms with Crippen molar-refractivity contribution in [2.45, 2.75) is 12.5 Å². The Bertz CT molecular complexity index is 1970. The van der Waals surface area contributed by atoms with Crippen molar-refractivity contribution in [1.29, 1.82) is 0 Å². The molecule has 2 amide bonds. The van der Waals surface area contributed by atoms with Gasteiger partial charge in [-0.3, -0.25) is 9.59 Å². The number of alkyl halides is 1. The molecule has 0 spiro atoms. The lowest BCUT2D eigenvalue weighted by molar-refractivity contribution is 0.00244. The van der Waals surface area contributed by atoms with Crippen molar-refractivity contribution in [2.24, 2.45) is 0 Å². The molecule has 0 fully saturated rings. The minimum Gasteiger partial charge on any atom is -0.507 e. The van der Waals surface area contributed by atoms with Crippen molar-refractivity contribution < 1.29 is 38.4 Å². The van der Waals surface area contributed by atoms with Gasteiger partial charge in [0.15, 0.2) is 5.69 Å². The van der Waals surface area contributed by atoms with Gasteiger partial charge in [0.25, 0.3) is 11.8 Å². The number of rotatable bonds is 17. The molecule has 5 aromatic rings. The third kappa shape index (κ3) is 7.66. The topological polar surface area (TPSA) is 175 Å². The molecule has 2 aromatic carbocycles. The monoisotopic (exact) mass is 707 g/mol. The van der Waals surface area contributed by atoms with Crippen molar-refractivity contribution in [2.75, 3.05) is 83.1 Å². The molecule has 3 N–H and O–H groups in total. The smallest absolute Gasteiger partial charge is 0.278 e. The number of fused-ring (bicyclic) bond motifs is 4. The predicted octanol–water partition coefficient (Wildman–Crippen LogP) is 3.95. The van der Waals surface area contributed by atoms with Gasteiger partial charge in [-0.1, -0.05) is 17.3 Å². The molecule has 3 aromatic heterocycles. The number of amides is 2. The average molecular weight is 708 g/mol. The van der Waals surface area contributed by atoms with Crippen LogP contribution < -0.4 is 15.0 Å². The predicted molar refractivity (Wildman–Crippen MR) is 186 cm³/mol. The Hall–Kier alpha value is -4.80. The van der Waals surface area contributed by atoms with Gasteiger partial charge in [0.05, 0.1) is 83.5 Å². The highest BCUT2D eigenvalue weighted by Gasteiger charge is 2.36. The van der Waals surface area contributed by atoms with E-state index < -0.39 is 5.91 Å². The number of aromatic nitrogens is 5. The van der Waals surface area contributed by atoms with Gasteiger partial charge in [-0.05, 0) is 23.8 Å². The van der Waals surface area contributed by atoms with Gasteiger partial charge in [-0.2, -0.15) is 0 Å². The van der Waals surface area contributed by atoms with E-state index in [1.807, 2.05) is 12.1 Å². The normalized spacial score (nSPS) is 14.1. The Labute approximate surface area is 292 Å². The number of pyridine rings is 1. The zero-order chi connectivity index (χ0) is 35.0. The van der Waals surface area contributed by atoms with Gasteiger partial charge < -0.3 is 44.0 Å². The lowest BCUT2D eigenvalue weighted by Gasteiger charge is -2.18. The minimum absolute atomic E-state index is 0.0396. The molecule has 1 atom stereocenters. The molecule has 15 nitrogen and oxygen atoms in total. The number of aromatic amines is 1. The van der Waals surface area contributed by atoms with Crippen LogP contribution in [0.15, 0.2) is 48.8 Å². The van der Waals surface area contributed by atoms with Gasteiger partial charge in [-0.15, -0.1) is 16.7 Å². The number of aromatic hydroxyl groups is 1. The van der Waals surface area contributed by atoms with Crippen LogP contribution in [0, 0.1) is 0 Å². The lowest BCUT2D eigenvalue weighted by Crippen LogP contribution is -2.30. The summed E-state index contributed by atoms with van der Waals surface area (Å²) in [7, 11) is 3.19. The summed E-state index contributed by atoms with van der Waals surface area (Å²) in [4.78, 5) is 35.9. The largest absolute Gasteiger partial charge is 0.507 e. The molecule has 0 saturated carbocycles. The fourth-order valence-corrected chi connectivity index (χ4v) is 6.12. The molecule has 50 heavy (non-hydrogen) atoms. The second-order valence-electron chi connectivity index (χ2n) is 11.5. The fraction of sp³-hybridized carbons (Fsp3) is 0.382. The van der Waals surface area contributed by atoms with Crippen LogP contribution in [-0.2, 0) is 25.5 Å². The van der Waals surface area contributed by atoms with Crippen LogP contribution in [0.3, 0.4) is 0 Å². The maximum Gasteiger partial charge on any atom is 0.278 e. The van der Waals surface area contributed by atoms with Gasteiger partial charge in [0.1, 0.15) is 23.0 Å². The first kappa shape index (κ1) is 35.0. The summed E-state index contributed by atoms with van der Waals surface area (Å²) < 4.78 is 28.4. The standard InChI is InChI=1S/C34H38ClN7O8/c1-46-8-9-49-12-13-50-11-10-48-7-6-41-20-26(39-40-41)33(44)38-30-15-21-14-24(37-25(21)18-36-30)34(45)42-19-22(17-35)31-27(42)16-28(43)23-4-3-5-29(47-2)32(23)31/h3-5,14-16,18,20,22,37,43H,6-13,17,19H2,1-2H3,(H,36,38,44)/t22-/m1/s1. The van der Waals surface area contributed by atoms with E-state index in [-0.39, 0.29) is 35.0 Å². The van der Waals surface area contributed by atoms with E-state index in [4.69, 9.17) is 35.3 Å². The van der Waals surface area contributed by atoms with Crippen molar-refractivity contribution in [3.8, 4) is 11.5 Å². The van der Waals surface area contributed by atoms with Crippen molar-refractivity contribution >= 4 is 56.6 Å². The number of phenolic OH excluding ortho intramolecular Hbond substituents is 1. The van der Waals surface area contributed by atoms with Gasteiger partial charge >= 0.3 is 0 Å². The van der Waals surface area contributed by atoms with Crippen LogP contribution in [0.25, 0.3) is 21.7 Å². The van der Waals surface area contributed by atoms with E-state index in [1.54, 1.807) is 43.4 Å². The van der Waals surface area contributed by atoms with Crippen molar-refractivity contribution in [1.82, 2.24) is 25.0 Å². The van der Waals surface area contributed by atoms with Crippen LogP contribution in [0.1, 0.15) is 32.5 Å². The van der Waals surface area contributed by atoms with Gasteiger partial charge in [0, 0.05) is 47.7 Å². The second kappa shape index (κ2) is 16.3. The number of nitrogens with one attached hydrogen (secondary N) is 2. The van der Waals surface area contributed by atoms with Crippen LogP contribution in [0.5, 0.6) is 11.5 Å². The highest BCUT2D eigenvalue weighted by atomic mass is 35.5. The third-order valence-corrected chi connectivity index (χ3v) is 8.64. The maximum absolute atomic E-state index is 13.9. The lowest BCUT2D eigenvalue weighted by atomic mass is 9.94. The number of H-pyrrole nitrogens is 1. The summed E-state index contributed by atoms with van der Waals surface area (Å²) in [5.41, 5.74) is 2.46. The molecule has 0 bridgehead atoms. The Balaban J connectivity index is 1.06. The van der Waals surface area contributed by atoms with E-state index in [1.165, 1.54) is 17.1 Å². The highest BCUT2D eigenvalue weighted by Crippen LogP contribution is 2.48. The molecule has 16 heteroatoms. The average Bonchev–Trinajstić information content (AvgIpc) is 3.87. The molecule has 0 radical (unpaired) electrons. The number of methoxy groups -OCH3 is 2. The number of anilines is 2. The van der Waals surface area contributed by atoms with E-state index >= 15 is 0 Å². The first-order valence-corrected chi connectivity index (χ1v) is 16.6. The number of hydrogen-bond acceptors (Lipinski definition) is 11. The molecular weight excluding hydrogens is 670 g/mol. The summed E-state index contributed by atoms with van der Waals surface area (Å²) in [6.45, 7) is 4.00. The van der Waals surface area contributed by atoms with Crippen LogP contribution >= 0.6 is 11.6 Å². The highest BCUT2D eigenvalue weighted by molar-refractivity contribution is 6.19. The molecule has 1 aliphatic heterocycles. The molecule has 4 heterocycles. The van der Waals surface area contributed by atoms with Crippen LogP contribution in [0.4, 0.5) is 11.5 Å². The number of halogens is 1. The number of carbonyl (C=O) groups is 2. The van der Waals surface area contributed by atoms with E-state index in [0.717, 1.165) is 10.9 Å². The first-order valence-electron chi connectivity index (χ1n) is 16.0. The van der Waals surface area contributed by atoms with Gasteiger partial charge in [-0.25, -0.2) is 9.67 Å². The quantitative estimate of drug-likeness (QED) is 0.0943. The van der Waals surface area contributed by atoms with Crippen LogP contribution in [-0.4, -0.2) is 115 Å². The van der Waals surface area contributed by atoms with Gasteiger partial charge in [0.2, 0.25) is 0 Å². The number of benzene rings is 2. The third-order valence-electron chi connectivity index (χ3n) is 8.26. The molecule has 6 rings (SSSR count). The molecule has 264 valence electrons. The number of hydrogen-bond donors (Lipinski definition) is 3. The van der Waals surface area contributed by atoms with Crippen molar-refractivity contribution in [3.63, 3.8) is 0 Å². The zero-order valence-electron chi connectivity index (χ0n) is 27.7. The summed E-state index contributed by atoms with van der Waals surface area (Å²) in [6.07, 6.45) is 3.06. The number of ether oxygens (including phenoxy) is 5. The summed E-state index contributed by atoms with van der Waals surface area (Å²) >= 11 is 6.40. The van der Waals surface area contributed by atoms with Crippen LogP contribution in [0.2, 0.25) is 0 Å². The molecular formula is C34H38ClN7O8. The summed E-state index contributed by atoms with van der Waals surface area (Å²) in [6, 6.07) is 10.4. The molecule has 0 aliphatic carbocycles. The number of carbonyl (C=O) groups excluding carboxylic acids is 2. The second-order valence-corrected chi connectivity index (χ2v) is 11.8. The Morgan fingerprint density at radius 1 is 1.04 bits per heavy atom. The zero-order valence-corrected chi connectivity index (χ0v) is 28.4. The molecule has 1 aliphatic rings. The fourth-order valence-electron chi connectivity index (χ4n) is 5.87.